The molecule has 0 aliphatic rings. The van der Waals surface area contributed by atoms with Gasteiger partial charge in [0.2, 0.25) is 11.8 Å². The summed E-state index contributed by atoms with van der Waals surface area (Å²) in [6.45, 7) is 9.49. The van der Waals surface area contributed by atoms with Gasteiger partial charge in [0.15, 0.2) is 69.1 Å². The van der Waals surface area contributed by atoms with E-state index in [1.165, 1.54) is 0 Å². The number of hydrogen-bond donors (Lipinski definition) is 26. The van der Waals surface area contributed by atoms with Crippen molar-refractivity contribution in [2.75, 3.05) is 212 Å². The number of carbonyl (C=O) groups excluding carboxylic acids is 8. The Morgan fingerprint density at radius 1 is 0.320 bits per heavy atom. The minimum Gasteiger partial charge on any atom is -0.382 e. The molecule has 2 atom stereocenters. The SMILES string of the molecule is NCCCOCCOCCOCCNC(=O)c1nc(N)c(C(=O)NCCOCCOCCOCCCN)nc1N.NCCNC(=O)C(CCC[NH+]=C(N)N)CNC(=O)c1nc(N)c(C(=O)NC(CCC[NH+]=C(N)N)C(=O)NCCN)nc1N.NCCNC(=O)c1nc(N)c(C(=O)NCCN)nc1N. The molecule has 3 aromatic rings. The molecule has 0 fully saturated rings. The van der Waals surface area contributed by atoms with Crippen molar-refractivity contribution in [1.29, 1.82) is 0 Å². The number of carbonyl (C=O) groups is 8. The largest absolute Gasteiger partial charge is 0.382 e. The second-order valence-electron chi connectivity index (χ2n) is 21.3. The fourth-order valence-corrected chi connectivity index (χ4v) is 7.92. The van der Waals surface area contributed by atoms with Gasteiger partial charge in [-0.15, -0.1) is 0 Å². The number of aromatic nitrogens is 6. The molecule has 46 heteroatoms. The second-order valence-corrected chi connectivity index (χ2v) is 21.3. The van der Waals surface area contributed by atoms with Gasteiger partial charge in [-0.25, -0.2) is 29.9 Å². The van der Waals surface area contributed by atoms with E-state index < -0.39 is 59.1 Å². The average Bonchev–Trinajstić information content (AvgIpc) is 0.832. The molecule has 3 rings (SSSR count). The lowest BCUT2D eigenvalue weighted by Crippen LogP contribution is -2.78. The number of nitrogens with zero attached hydrogens (tertiary/aromatic N) is 6. The first-order valence-electron chi connectivity index (χ1n) is 32.9. The molecule has 0 saturated heterocycles. The van der Waals surface area contributed by atoms with Gasteiger partial charge in [0.05, 0.1) is 85.1 Å². The van der Waals surface area contributed by atoms with Crippen molar-refractivity contribution in [2.45, 2.75) is 44.6 Å². The lowest BCUT2D eigenvalue weighted by Gasteiger charge is -2.19. The van der Waals surface area contributed by atoms with Crippen molar-refractivity contribution >= 4 is 94.1 Å². The van der Waals surface area contributed by atoms with Crippen LogP contribution in [0.5, 0.6) is 0 Å². The Morgan fingerprint density at radius 3 is 0.932 bits per heavy atom. The molecule has 0 aliphatic heterocycles. The summed E-state index contributed by atoms with van der Waals surface area (Å²) < 4.78 is 32.2. The minimum absolute atomic E-state index is 0.0189. The molecule has 3 aromatic heterocycles. The van der Waals surface area contributed by atoms with Crippen molar-refractivity contribution in [3.05, 3.63) is 34.2 Å². The Balaban J connectivity index is 0.000000820. The summed E-state index contributed by atoms with van der Waals surface area (Å²) in [4.78, 5) is 128. The lowest BCUT2D eigenvalue weighted by atomic mass is 10.0. The van der Waals surface area contributed by atoms with Crippen LogP contribution in [0.2, 0.25) is 0 Å². The summed E-state index contributed by atoms with van der Waals surface area (Å²) in [6.07, 6.45) is 3.17. The number of amides is 8. The van der Waals surface area contributed by atoms with Crippen LogP contribution in [-0.2, 0) is 38.0 Å². The maximum atomic E-state index is 13.0. The standard InChI is InChI=1S/C24H46N8O8.C23H44N16O4.C10H18N8O2/c25-3-1-7-35-11-15-39-17-13-37-9-5-29-23(33)19-21(27)32-20(22(28)31-19)24(34)30-6-10-38-14-18-40-16-12-36-8-2-4-26;24-5-9-32-18(40)12(3-1-7-34-22(28)29)11-36-20(42)14-16(26)39-15(17(27)38-14)21(43)37-13(19(41)33-10-6-25)4-2-8-35-23(30)31;11-1-3-15-9(19)5-7(13)18-6(8(14)17-5)10(20)16-4-2-12/h1-18,25-26H2,(H2,28,31)(H2,27,32)(H,29,33)(H,30,34);12-13H,1-11,24-25H2,(H2,26,39)(H2,27,38)(H,32,40)(H,33,41)(H,36,42)(H,37,43)(H4,28,29,34)(H4,30,31,35);1-4,11-12H2,(H2,14,17)(H2,13,18)(H,15,19)(H,16,20)/p+2. The van der Waals surface area contributed by atoms with Crippen LogP contribution in [0.3, 0.4) is 0 Å². The molecule has 2 unspecified atom stereocenters. The van der Waals surface area contributed by atoms with E-state index in [9.17, 15) is 38.4 Å². The highest BCUT2D eigenvalue weighted by atomic mass is 16.5. The fraction of sp³-hybridized carbons (Fsp3) is 0.614. The monoisotopic (exact) mass is 1470 g/mol. The molecule has 0 radical (unpaired) electrons. The smallest absolute Gasteiger partial charge is 0.338 e. The molecule has 46 nitrogen and oxygen atoms in total. The first kappa shape index (κ1) is 90.9. The maximum absolute atomic E-state index is 13.0. The molecular formula is C57H110N32O14+2. The number of rotatable bonds is 51. The van der Waals surface area contributed by atoms with Gasteiger partial charge >= 0.3 is 11.9 Å². The van der Waals surface area contributed by atoms with Crippen LogP contribution < -0.4 is 144 Å². The quantitative estimate of drug-likeness (QED) is 0.0142. The van der Waals surface area contributed by atoms with Crippen LogP contribution >= 0.6 is 0 Å². The van der Waals surface area contributed by atoms with E-state index in [-0.39, 0.29) is 173 Å². The highest BCUT2D eigenvalue weighted by Crippen LogP contribution is 2.17. The van der Waals surface area contributed by atoms with Crippen LogP contribution in [0.1, 0.15) is 101 Å². The normalized spacial score (nSPS) is 11.2. The fourth-order valence-electron chi connectivity index (χ4n) is 7.92. The number of nitrogens with two attached hydrogens (primary N) is 16. The molecule has 8 amide bonds. The van der Waals surface area contributed by atoms with Crippen molar-refractivity contribution in [3.8, 4) is 0 Å². The third kappa shape index (κ3) is 39.6. The Bertz CT molecular complexity index is 2980. The number of anilines is 6. The van der Waals surface area contributed by atoms with Crippen LogP contribution in [0.15, 0.2) is 0 Å². The van der Waals surface area contributed by atoms with Crippen molar-refractivity contribution in [2.24, 2.45) is 63.3 Å². The molecule has 42 N–H and O–H groups in total. The van der Waals surface area contributed by atoms with Gasteiger partial charge in [-0.05, 0) is 51.6 Å². The number of hydrogen-bond acceptors (Lipinski definition) is 32. The third-order valence-electron chi connectivity index (χ3n) is 13.0. The Hall–Kier alpha value is -10.1. The Morgan fingerprint density at radius 2 is 0.602 bits per heavy atom. The molecule has 103 heavy (non-hydrogen) atoms. The zero-order valence-electron chi connectivity index (χ0n) is 58.1. The van der Waals surface area contributed by atoms with Crippen LogP contribution in [0, 0.1) is 5.92 Å². The van der Waals surface area contributed by atoms with E-state index in [2.05, 4.69) is 82.4 Å². The minimum atomic E-state index is -0.984. The van der Waals surface area contributed by atoms with E-state index in [0.717, 1.165) is 12.8 Å². The van der Waals surface area contributed by atoms with Gasteiger partial charge in [-0.1, -0.05) is 0 Å². The van der Waals surface area contributed by atoms with E-state index in [1.54, 1.807) is 0 Å². The zero-order chi connectivity index (χ0) is 76.7. The lowest BCUT2D eigenvalue weighted by molar-refractivity contribution is -0.460. The number of ether oxygens (including phenoxy) is 6. The van der Waals surface area contributed by atoms with Crippen molar-refractivity contribution in [1.82, 2.24) is 72.4 Å². The van der Waals surface area contributed by atoms with Gasteiger partial charge < -0.3 is 140 Å². The van der Waals surface area contributed by atoms with E-state index in [1.807, 2.05) is 0 Å². The van der Waals surface area contributed by atoms with Crippen LogP contribution in [-0.4, -0.2) is 273 Å². The highest BCUT2D eigenvalue weighted by Gasteiger charge is 2.28. The highest BCUT2D eigenvalue weighted by molar-refractivity contribution is 6.03. The Labute approximate surface area is 595 Å². The van der Waals surface area contributed by atoms with Crippen molar-refractivity contribution in [3.63, 3.8) is 0 Å². The summed E-state index contributed by atoms with van der Waals surface area (Å²) in [5, 5.41) is 20.6. The summed E-state index contributed by atoms with van der Waals surface area (Å²) >= 11 is 0. The van der Waals surface area contributed by atoms with Crippen LogP contribution in [0.4, 0.5) is 34.9 Å². The first-order valence-corrected chi connectivity index (χ1v) is 32.9. The molecular weight excluding hydrogens is 1360 g/mol. The molecule has 3 heterocycles. The topological polar surface area (TPSA) is 810 Å². The molecule has 580 valence electrons. The Kier molecular flexibility index (Phi) is 49.0. The van der Waals surface area contributed by atoms with Gasteiger partial charge in [-0.2, -0.15) is 0 Å². The summed E-state index contributed by atoms with van der Waals surface area (Å²) in [7, 11) is 0. The summed E-state index contributed by atoms with van der Waals surface area (Å²) in [6, 6.07) is -0.984. The summed E-state index contributed by atoms with van der Waals surface area (Å²) in [5.74, 6) is -6.84. The maximum Gasteiger partial charge on any atom is 0.338 e. The molecule has 0 aromatic carbocycles. The molecule has 0 aliphatic carbocycles. The third-order valence-corrected chi connectivity index (χ3v) is 13.0. The predicted molar refractivity (Wildman–Crippen MR) is 380 cm³/mol. The van der Waals surface area contributed by atoms with Gasteiger partial charge in [0, 0.05) is 85.2 Å². The zero-order valence-corrected chi connectivity index (χ0v) is 58.1. The molecule has 0 spiro atoms. The van der Waals surface area contributed by atoms with Crippen molar-refractivity contribution < 1.29 is 76.8 Å². The second kappa shape index (κ2) is 55.5. The number of nitrogen functional groups attached to an aromatic ring is 6. The van der Waals surface area contributed by atoms with E-state index in [0.29, 0.717) is 112 Å². The number of guanidine groups is 2. The van der Waals surface area contributed by atoms with Crippen LogP contribution in [0.25, 0.3) is 0 Å². The van der Waals surface area contributed by atoms with E-state index in [4.69, 9.17) is 120 Å². The summed E-state index contributed by atoms with van der Waals surface area (Å²) in [5.41, 5.74) is 87.1. The average molecular weight is 1470 g/mol. The predicted octanol–water partition coefficient (Wildman–Crippen LogP) is -14.6. The van der Waals surface area contributed by atoms with Gasteiger partial charge in [-0.3, -0.25) is 71.3 Å². The number of nitrogens with one attached hydrogen (secondary N) is 10. The van der Waals surface area contributed by atoms with Gasteiger partial charge in [0.1, 0.15) is 6.04 Å². The first-order chi connectivity index (χ1) is 49.4. The van der Waals surface area contributed by atoms with E-state index >= 15 is 0 Å². The van der Waals surface area contributed by atoms with Gasteiger partial charge in [0.25, 0.3) is 35.4 Å². The molecule has 0 saturated carbocycles. The molecule has 0 bridgehead atoms.